The van der Waals surface area contributed by atoms with Crippen molar-refractivity contribution in [3.63, 3.8) is 0 Å². The summed E-state index contributed by atoms with van der Waals surface area (Å²) in [5, 5.41) is 15.2. The van der Waals surface area contributed by atoms with Crippen LogP contribution < -0.4 is 10.1 Å². The molecule has 0 saturated heterocycles. The van der Waals surface area contributed by atoms with Gasteiger partial charge in [-0.25, -0.2) is 0 Å². The Bertz CT molecular complexity index is 496. The third-order valence-corrected chi connectivity index (χ3v) is 4.03. The molecule has 1 aromatic carbocycles. The first-order chi connectivity index (χ1) is 9.65. The Labute approximate surface area is 124 Å². The van der Waals surface area contributed by atoms with Gasteiger partial charge in [-0.1, -0.05) is 23.8 Å². The molecule has 2 rings (SSSR count). The van der Waals surface area contributed by atoms with Crippen molar-refractivity contribution < 1.29 is 9.84 Å². The van der Waals surface area contributed by atoms with Gasteiger partial charge in [0.15, 0.2) is 0 Å². The fourth-order valence-corrected chi connectivity index (χ4v) is 2.52. The number of thiophene rings is 1. The van der Waals surface area contributed by atoms with Crippen LogP contribution in [0.2, 0.25) is 0 Å². The molecule has 1 heterocycles. The van der Waals surface area contributed by atoms with Gasteiger partial charge in [-0.2, -0.15) is 0 Å². The predicted octanol–water partition coefficient (Wildman–Crippen LogP) is 3.15. The van der Waals surface area contributed by atoms with Gasteiger partial charge in [0.1, 0.15) is 18.5 Å². The van der Waals surface area contributed by atoms with E-state index in [0.717, 1.165) is 10.6 Å². The third-order valence-electron chi connectivity index (χ3n) is 3.05. The largest absolute Gasteiger partial charge is 0.492 e. The van der Waals surface area contributed by atoms with Gasteiger partial charge in [0.05, 0.1) is 0 Å². The Morgan fingerprint density at radius 2 is 2.00 bits per heavy atom. The SMILES string of the molecule is Cc1ccc(OCC(C)NCC(O)c2cccs2)cc1. The molecule has 0 fully saturated rings. The van der Waals surface area contributed by atoms with Crippen molar-refractivity contribution in [2.24, 2.45) is 0 Å². The van der Waals surface area contributed by atoms with Crippen LogP contribution in [-0.2, 0) is 0 Å². The Balaban J connectivity index is 1.70. The van der Waals surface area contributed by atoms with E-state index in [1.165, 1.54) is 5.56 Å². The summed E-state index contributed by atoms with van der Waals surface area (Å²) < 4.78 is 5.70. The number of aryl methyl sites for hydroxylation is 1. The number of benzene rings is 1. The average Bonchev–Trinajstić information content (AvgIpc) is 2.98. The number of rotatable bonds is 7. The van der Waals surface area contributed by atoms with Crippen molar-refractivity contribution in [1.82, 2.24) is 5.32 Å². The number of hydrogen-bond donors (Lipinski definition) is 2. The summed E-state index contributed by atoms with van der Waals surface area (Å²) in [6.07, 6.45) is -0.447. The summed E-state index contributed by atoms with van der Waals surface area (Å²) in [4.78, 5) is 0.990. The van der Waals surface area contributed by atoms with Crippen LogP contribution in [0.1, 0.15) is 23.5 Å². The Hall–Kier alpha value is -1.36. The van der Waals surface area contributed by atoms with E-state index in [0.29, 0.717) is 13.2 Å². The molecule has 0 bridgehead atoms. The fourth-order valence-electron chi connectivity index (χ4n) is 1.81. The van der Waals surface area contributed by atoms with Crippen molar-refractivity contribution >= 4 is 11.3 Å². The van der Waals surface area contributed by atoms with E-state index in [2.05, 4.69) is 19.2 Å². The average molecular weight is 291 g/mol. The quantitative estimate of drug-likeness (QED) is 0.823. The van der Waals surface area contributed by atoms with E-state index >= 15 is 0 Å². The topological polar surface area (TPSA) is 41.5 Å². The molecule has 2 aromatic rings. The molecule has 108 valence electrons. The van der Waals surface area contributed by atoms with Crippen LogP contribution >= 0.6 is 11.3 Å². The molecular weight excluding hydrogens is 270 g/mol. The van der Waals surface area contributed by atoms with Gasteiger partial charge in [-0.05, 0) is 37.4 Å². The minimum Gasteiger partial charge on any atom is -0.492 e. The highest BCUT2D eigenvalue weighted by Crippen LogP contribution is 2.18. The summed E-state index contributed by atoms with van der Waals surface area (Å²) in [6, 6.07) is 12.1. The molecule has 0 amide bonds. The maximum Gasteiger partial charge on any atom is 0.119 e. The minimum atomic E-state index is -0.447. The van der Waals surface area contributed by atoms with Gasteiger partial charge in [0, 0.05) is 17.5 Å². The molecule has 20 heavy (non-hydrogen) atoms. The van der Waals surface area contributed by atoms with Crippen LogP contribution in [0.5, 0.6) is 5.75 Å². The van der Waals surface area contributed by atoms with Gasteiger partial charge >= 0.3 is 0 Å². The molecule has 0 spiro atoms. The number of ether oxygens (including phenoxy) is 1. The first-order valence-corrected chi connectivity index (χ1v) is 7.67. The lowest BCUT2D eigenvalue weighted by Crippen LogP contribution is -2.34. The second kappa shape index (κ2) is 7.43. The normalized spacial score (nSPS) is 13.9. The zero-order valence-corrected chi connectivity index (χ0v) is 12.7. The number of nitrogens with one attached hydrogen (secondary N) is 1. The molecule has 0 aliphatic heterocycles. The Morgan fingerprint density at radius 1 is 1.25 bits per heavy atom. The lowest BCUT2D eigenvalue weighted by Gasteiger charge is -2.17. The van der Waals surface area contributed by atoms with E-state index in [1.54, 1.807) is 11.3 Å². The second-order valence-corrected chi connectivity index (χ2v) is 5.94. The van der Waals surface area contributed by atoms with E-state index in [4.69, 9.17) is 4.74 Å². The smallest absolute Gasteiger partial charge is 0.119 e. The predicted molar refractivity (Wildman–Crippen MR) is 83.4 cm³/mol. The summed E-state index contributed by atoms with van der Waals surface area (Å²) in [5.74, 6) is 0.878. The van der Waals surface area contributed by atoms with Gasteiger partial charge in [-0.3, -0.25) is 0 Å². The molecule has 4 heteroatoms. The van der Waals surface area contributed by atoms with Gasteiger partial charge in [-0.15, -0.1) is 11.3 Å². The number of aliphatic hydroxyl groups is 1. The molecular formula is C16H21NO2S. The lowest BCUT2D eigenvalue weighted by molar-refractivity contribution is 0.167. The zero-order chi connectivity index (χ0) is 14.4. The molecule has 0 aliphatic rings. The van der Waals surface area contributed by atoms with Crippen LogP contribution in [0.25, 0.3) is 0 Å². The molecule has 0 aliphatic carbocycles. The molecule has 2 N–H and O–H groups in total. The zero-order valence-electron chi connectivity index (χ0n) is 11.9. The van der Waals surface area contributed by atoms with Crippen molar-refractivity contribution in [1.29, 1.82) is 0 Å². The summed E-state index contributed by atoms with van der Waals surface area (Å²) >= 11 is 1.57. The van der Waals surface area contributed by atoms with E-state index < -0.39 is 6.10 Å². The molecule has 0 saturated carbocycles. The first-order valence-electron chi connectivity index (χ1n) is 6.79. The van der Waals surface area contributed by atoms with E-state index in [-0.39, 0.29) is 6.04 Å². The molecule has 1 aromatic heterocycles. The Morgan fingerprint density at radius 3 is 2.65 bits per heavy atom. The van der Waals surface area contributed by atoms with E-state index in [9.17, 15) is 5.11 Å². The van der Waals surface area contributed by atoms with Gasteiger partial charge in [0.25, 0.3) is 0 Å². The molecule has 0 radical (unpaired) electrons. The third kappa shape index (κ3) is 4.63. The molecule has 3 nitrogen and oxygen atoms in total. The highest BCUT2D eigenvalue weighted by Gasteiger charge is 2.10. The number of hydrogen-bond acceptors (Lipinski definition) is 4. The number of aliphatic hydroxyl groups excluding tert-OH is 1. The maximum atomic E-state index is 9.98. The maximum absolute atomic E-state index is 9.98. The fraction of sp³-hybridized carbons (Fsp3) is 0.375. The second-order valence-electron chi connectivity index (χ2n) is 4.96. The van der Waals surface area contributed by atoms with Crippen molar-refractivity contribution in [3.05, 3.63) is 52.2 Å². The van der Waals surface area contributed by atoms with Crippen LogP contribution in [0, 0.1) is 6.92 Å². The first kappa shape index (κ1) is 15.0. The monoisotopic (exact) mass is 291 g/mol. The van der Waals surface area contributed by atoms with Crippen LogP contribution in [0.3, 0.4) is 0 Å². The van der Waals surface area contributed by atoms with Crippen LogP contribution in [0.4, 0.5) is 0 Å². The minimum absolute atomic E-state index is 0.186. The molecule has 2 unspecified atom stereocenters. The summed E-state index contributed by atoms with van der Waals surface area (Å²) in [6.45, 7) is 5.23. The highest BCUT2D eigenvalue weighted by molar-refractivity contribution is 7.10. The lowest BCUT2D eigenvalue weighted by atomic mass is 10.2. The van der Waals surface area contributed by atoms with Crippen molar-refractivity contribution in [2.45, 2.75) is 26.0 Å². The van der Waals surface area contributed by atoms with Crippen LogP contribution in [-0.4, -0.2) is 24.3 Å². The summed E-state index contributed by atoms with van der Waals surface area (Å²) in [5.41, 5.74) is 1.22. The highest BCUT2D eigenvalue weighted by atomic mass is 32.1. The standard InChI is InChI=1S/C16H21NO2S/c1-12-5-7-14(8-6-12)19-11-13(2)17-10-15(18)16-4-3-9-20-16/h3-9,13,15,17-18H,10-11H2,1-2H3. The van der Waals surface area contributed by atoms with E-state index in [1.807, 2.05) is 41.8 Å². The van der Waals surface area contributed by atoms with Crippen LogP contribution in [0.15, 0.2) is 41.8 Å². The Kier molecular flexibility index (Phi) is 5.59. The van der Waals surface area contributed by atoms with Gasteiger partial charge < -0.3 is 15.2 Å². The molecule has 2 atom stereocenters. The van der Waals surface area contributed by atoms with Crippen molar-refractivity contribution in [2.75, 3.05) is 13.2 Å². The summed E-state index contributed by atoms with van der Waals surface area (Å²) in [7, 11) is 0. The van der Waals surface area contributed by atoms with Crippen molar-refractivity contribution in [3.8, 4) is 5.75 Å². The van der Waals surface area contributed by atoms with Gasteiger partial charge in [0.2, 0.25) is 0 Å².